The first-order valence-electron chi connectivity index (χ1n) is 6.26. The fraction of sp³-hybridized carbons (Fsp3) is 0.692. The molecule has 96 valence electrons. The van der Waals surface area contributed by atoms with Crippen LogP contribution in [0.15, 0.2) is 12.7 Å². The van der Waals surface area contributed by atoms with Crippen LogP contribution in [-0.2, 0) is 9.59 Å². The molecule has 4 heteroatoms. The van der Waals surface area contributed by atoms with Gasteiger partial charge in [-0.25, -0.2) is 4.79 Å². The van der Waals surface area contributed by atoms with Crippen LogP contribution in [0, 0.1) is 5.92 Å². The Morgan fingerprint density at radius 1 is 1.47 bits per heavy atom. The first kappa shape index (κ1) is 13.7. The molecule has 0 aromatic heterocycles. The summed E-state index contributed by atoms with van der Waals surface area (Å²) in [5.41, 5.74) is 0. The van der Waals surface area contributed by atoms with E-state index in [9.17, 15) is 9.59 Å². The van der Waals surface area contributed by atoms with Gasteiger partial charge in [-0.15, -0.1) is 6.58 Å². The van der Waals surface area contributed by atoms with Crippen molar-refractivity contribution < 1.29 is 14.7 Å². The van der Waals surface area contributed by atoms with Crippen molar-refractivity contribution in [3.8, 4) is 0 Å². The van der Waals surface area contributed by atoms with Gasteiger partial charge in [0.25, 0.3) is 0 Å². The molecule has 1 saturated carbocycles. The second-order valence-corrected chi connectivity index (χ2v) is 4.66. The molecule has 0 aliphatic heterocycles. The minimum Gasteiger partial charge on any atom is -0.480 e. The van der Waals surface area contributed by atoms with Crippen molar-refractivity contribution in [2.24, 2.45) is 5.92 Å². The third kappa shape index (κ3) is 5.02. The fourth-order valence-corrected chi connectivity index (χ4v) is 1.93. The lowest BCUT2D eigenvalue weighted by Crippen LogP contribution is -2.40. The van der Waals surface area contributed by atoms with Gasteiger partial charge in [-0.05, 0) is 25.2 Å². The van der Waals surface area contributed by atoms with Crippen molar-refractivity contribution in [2.45, 2.75) is 51.0 Å². The van der Waals surface area contributed by atoms with Crippen molar-refractivity contribution >= 4 is 11.9 Å². The number of aliphatic carboxylic acids is 1. The number of hydrogen-bond donors (Lipinski definition) is 2. The average molecular weight is 239 g/mol. The minimum absolute atomic E-state index is 0.145. The van der Waals surface area contributed by atoms with E-state index in [2.05, 4.69) is 11.9 Å². The maximum atomic E-state index is 11.6. The zero-order valence-electron chi connectivity index (χ0n) is 10.2. The second-order valence-electron chi connectivity index (χ2n) is 4.66. The molecule has 0 heterocycles. The zero-order chi connectivity index (χ0) is 12.7. The summed E-state index contributed by atoms with van der Waals surface area (Å²) < 4.78 is 0. The van der Waals surface area contributed by atoms with Gasteiger partial charge in [0.2, 0.25) is 5.91 Å². The SMILES string of the molecule is C=CCCC(NC(=O)CCC1CCC1)C(=O)O. The van der Waals surface area contributed by atoms with Crippen LogP contribution in [0.4, 0.5) is 0 Å². The number of carbonyl (C=O) groups excluding carboxylic acids is 1. The molecule has 0 bridgehead atoms. The number of hydrogen-bond acceptors (Lipinski definition) is 2. The predicted octanol–water partition coefficient (Wildman–Crippen LogP) is 2.10. The minimum atomic E-state index is -0.969. The first-order valence-corrected chi connectivity index (χ1v) is 6.26. The average Bonchev–Trinajstić information content (AvgIpc) is 2.21. The topological polar surface area (TPSA) is 66.4 Å². The van der Waals surface area contributed by atoms with Crippen LogP contribution in [0.2, 0.25) is 0 Å². The molecule has 0 saturated heterocycles. The molecule has 17 heavy (non-hydrogen) atoms. The van der Waals surface area contributed by atoms with E-state index in [0.717, 1.165) is 6.42 Å². The molecule has 1 rings (SSSR count). The van der Waals surface area contributed by atoms with Crippen LogP contribution in [0.1, 0.15) is 44.9 Å². The number of carboxylic acid groups (broad SMARTS) is 1. The van der Waals surface area contributed by atoms with Gasteiger partial charge in [-0.1, -0.05) is 25.3 Å². The first-order chi connectivity index (χ1) is 8.13. The normalized spacial score (nSPS) is 16.9. The molecule has 0 aromatic rings. The molecule has 1 fully saturated rings. The van der Waals surface area contributed by atoms with Crippen LogP contribution < -0.4 is 5.32 Å². The third-order valence-corrected chi connectivity index (χ3v) is 3.30. The summed E-state index contributed by atoms with van der Waals surface area (Å²) in [6.07, 6.45) is 7.70. The maximum absolute atomic E-state index is 11.6. The van der Waals surface area contributed by atoms with Gasteiger partial charge in [0.15, 0.2) is 0 Å². The van der Waals surface area contributed by atoms with Gasteiger partial charge in [-0.2, -0.15) is 0 Å². The lowest BCUT2D eigenvalue weighted by atomic mass is 9.82. The summed E-state index contributed by atoms with van der Waals surface area (Å²) in [4.78, 5) is 22.5. The quantitative estimate of drug-likeness (QED) is 0.637. The summed E-state index contributed by atoms with van der Waals surface area (Å²) in [6, 6.07) is -0.776. The summed E-state index contributed by atoms with van der Waals surface area (Å²) >= 11 is 0. The Bertz CT molecular complexity index is 284. The molecule has 0 aromatic carbocycles. The molecule has 1 atom stereocenters. The summed E-state index contributed by atoms with van der Waals surface area (Å²) in [7, 11) is 0. The third-order valence-electron chi connectivity index (χ3n) is 3.30. The van der Waals surface area contributed by atoms with Crippen molar-refractivity contribution in [3.05, 3.63) is 12.7 Å². The van der Waals surface area contributed by atoms with Crippen LogP contribution in [0.5, 0.6) is 0 Å². The van der Waals surface area contributed by atoms with Crippen LogP contribution in [0.3, 0.4) is 0 Å². The highest BCUT2D eigenvalue weighted by Gasteiger charge is 2.21. The van der Waals surface area contributed by atoms with E-state index in [1.807, 2.05) is 0 Å². The molecule has 2 N–H and O–H groups in total. The second kappa shape index (κ2) is 7.09. The lowest BCUT2D eigenvalue weighted by Gasteiger charge is -2.25. The van der Waals surface area contributed by atoms with Gasteiger partial charge < -0.3 is 10.4 Å². The molecular weight excluding hydrogens is 218 g/mol. The number of rotatable bonds is 8. The highest BCUT2D eigenvalue weighted by molar-refractivity contribution is 5.83. The molecule has 4 nitrogen and oxygen atoms in total. The zero-order valence-corrected chi connectivity index (χ0v) is 10.2. The largest absolute Gasteiger partial charge is 0.480 e. The monoisotopic (exact) mass is 239 g/mol. The highest BCUT2D eigenvalue weighted by Crippen LogP contribution is 2.30. The molecule has 0 radical (unpaired) electrons. The van der Waals surface area contributed by atoms with E-state index in [1.54, 1.807) is 6.08 Å². The van der Waals surface area contributed by atoms with Gasteiger partial charge in [0.05, 0.1) is 0 Å². The maximum Gasteiger partial charge on any atom is 0.326 e. The molecule has 1 aliphatic carbocycles. The Morgan fingerprint density at radius 3 is 2.65 bits per heavy atom. The van der Waals surface area contributed by atoms with E-state index in [4.69, 9.17) is 5.11 Å². The van der Waals surface area contributed by atoms with Crippen molar-refractivity contribution in [2.75, 3.05) is 0 Å². The Labute approximate surface area is 102 Å². The number of nitrogens with one attached hydrogen (secondary N) is 1. The predicted molar refractivity (Wildman–Crippen MR) is 65.6 cm³/mol. The number of carbonyl (C=O) groups is 2. The van der Waals surface area contributed by atoms with Crippen LogP contribution in [-0.4, -0.2) is 23.0 Å². The van der Waals surface area contributed by atoms with Crippen LogP contribution >= 0.6 is 0 Å². The molecule has 0 spiro atoms. The Morgan fingerprint density at radius 2 is 2.18 bits per heavy atom. The molecule has 1 unspecified atom stereocenters. The number of amides is 1. The molecule has 1 amide bonds. The van der Waals surface area contributed by atoms with E-state index < -0.39 is 12.0 Å². The van der Waals surface area contributed by atoms with Gasteiger partial charge in [-0.3, -0.25) is 4.79 Å². The standard InChI is InChI=1S/C13H21NO3/c1-2-3-7-11(13(16)17)14-12(15)9-8-10-5-4-6-10/h2,10-11H,1,3-9H2,(H,14,15)(H,16,17). The number of allylic oxidation sites excluding steroid dienone is 1. The summed E-state index contributed by atoms with van der Waals surface area (Å²) in [6.45, 7) is 3.54. The fourth-order valence-electron chi connectivity index (χ4n) is 1.93. The molecular formula is C13H21NO3. The van der Waals surface area contributed by atoms with Crippen molar-refractivity contribution in [3.63, 3.8) is 0 Å². The van der Waals surface area contributed by atoms with Crippen molar-refractivity contribution in [1.29, 1.82) is 0 Å². The van der Waals surface area contributed by atoms with Crippen LogP contribution in [0.25, 0.3) is 0 Å². The smallest absolute Gasteiger partial charge is 0.326 e. The number of carboxylic acids is 1. The highest BCUT2D eigenvalue weighted by atomic mass is 16.4. The Kier molecular flexibility index (Phi) is 5.73. The molecule has 1 aliphatic rings. The van der Waals surface area contributed by atoms with E-state index in [0.29, 0.717) is 25.2 Å². The Balaban J connectivity index is 2.24. The van der Waals surface area contributed by atoms with E-state index in [-0.39, 0.29) is 5.91 Å². The van der Waals surface area contributed by atoms with Crippen molar-refractivity contribution in [1.82, 2.24) is 5.32 Å². The summed E-state index contributed by atoms with van der Waals surface area (Å²) in [5, 5.41) is 11.5. The Hall–Kier alpha value is -1.32. The van der Waals surface area contributed by atoms with Gasteiger partial charge >= 0.3 is 5.97 Å². The van der Waals surface area contributed by atoms with E-state index >= 15 is 0 Å². The lowest BCUT2D eigenvalue weighted by molar-refractivity contribution is -0.142. The van der Waals surface area contributed by atoms with Gasteiger partial charge in [0, 0.05) is 6.42 Å². The summed E-state index contributed by atoms with van der Waals surface area (Å²) in [5.74, 6) is -0.436. The van der Waals surface area contributed by atoms with E-state index in [1.165, 1.54) is 19.3 Å². The van der Waals surface area contributed by atoms with Gasteiger partial charge in [0.1, 0.15) is 6.04 Å².